The van der Waals surface area contributed by atoms with E-state index < -0.39 is 53.7 Å². The first-order valence-electron chi connectivity index (χ1n) is 11.9. The third-order valence-corrected chi connectivity index (χ3v) is 6.50. The van der Waals surface area contributed by atoms with Gasteiger partial charge in [0.25, 0.3) is 5.91 Å². The number of pyridine rings is 1. The summed E-state index contributed by atoms with van der Waals surface area (Å²) in [6.07, 6.45) is -1.44. The molecular weight excluding hydrogens is 541 g/mol. The first-order valence-corrected chi connectivity index (χ1v) is 12.8. The first-order chi connectivity index (χ1) is 18.4. The van der Waals surface area contributed by atoms with Gasteiger partial charge in [-0.25, -0.2) is 0 Å². The van der Waals surface area contributed by atoms with Gasteiger partial charge >= 0.3 is 18.1 Å². The zero-order valence-electron chi connectivity index (χ0n) is 21.1. The molecule has 0 fully saturated rings. The maximum atomic E-state index is 13.5. The molecule has 3 N–H and O–H groups in total. The molecule has 2 atom stereocenters. The lowest BCUT2D eigenvalue weighted by Crippen LogP contribution is -2.37. The first kappa shape index (κ1) is 29.8. The second kappa shape index (κ2) is 12.8. The van der Waals surface area contributed by atoms with Crippen LogP contribution in [0.4, 0.5) is 13.2 Å². The van der Waals surface area contributed by atoms with E-state index in [9.17, 15) is 27.6 Å². The third kappa shape index (κ3) is 7.86. The van der Waals surface area contributed by atoms with Gasteiger partial charge in [-0.3, -0.25) is 19.4 Å². The number of unbranched alkanes of at least 4 members (excludes halogenated alkanes) is 1. The summed E-state index contributed by atoms with van der Waals surface area (Å²) in [6, 6.07) is 2.78. The molecule has 0 aliphatic rings. The number of halogens is 3. The van der Waals surface area contributed by atoms with Crippen LogP contribution in [0.15, 0.2) is 41.7 Å². The van der Waals surface area contributed by atoms with Gasteiger partial charge in [0, 0.05) is 12.7 Å². The van der Waals surface area contributed by atoms with Crippen LogP contribution in [0.25, 0.3) is 10.2 Å². The summed E-state index contributed by atoms with van der Waals surface area (Å²) in [5.74, 6) is -3.42. The molecule has 2 aromatic heterocycles. The minimum absolute atomic E-state index is 0.197. The summed E-state index contributed by atoms with van der Waals surface area (Å²) in [7, 11) is 0. The van der Waals surface area contributed by atoms with Gasteiger partial charge in [0.1, 0.15) is 24.5 Å². The number of aromatic nitrogens is 2. The molecule has 210 valence electrons. The second-order valence-corrected chi connectivity index (χ2v) is 9.63. The molecule has 2 heterocycles. The Morgan fingerprint density at radius 3 is 2.67 bits per heavy atom. The third-order valence-electron chi connectivity index (χ3n) is 5.44. The van der Waals surface area contributed by atoms with Gasteiger partial charge in [-0.15, -0.1) is 0 Å². The van der Waals surface area contributed by atoms with Crippen molar-refractivity contribution in [2.45, 2.75) is 58.0 Å². The van der Waals surface area contributed by atoms with Crippen LogP contribution in [-0.2, 0) is 27.0 Å². The normalized spacial score (nSPS) is 13.7. The Hall–Kier alpha value is -3.78. The van der Waals surface area contributed by atoms with Crippen LogP contribution in [0.5, 0.6) is 5.75 Å². The molecule has 0 spiro atoms. The average molecular weight is 569 g/mol. The largest absolute Gasteiger partial charge is 0.489 e. The fourth-order valence-electron chi connectivity index (χ4n) is 3.48. The Morgan fingerprint density at radius 2 is 2.00 bits per heavy atom. The number of thiazole rings is 1. The van der Waals surface area contributed by atoms with E-state index in [-0.39, 0.29) is 12.4 Å². The minimum Gasteiger partial charge on any atom is -0.489 e. The number of ether oxygens (including phenoxy) is 2. The number of fused-ring (bicyclic) bond motifs is 1. The number of aliphatic carboxylic acids is 1. The number of nitrogens with two attached hydrogens (primary N) is 1. The number of esters is 1. The fourth-order valence-corrected chi connectivity index (χ4v) is 4.50. The molecule has 0 saturated carbocycles. The molecule has 0 saturated heterocycles. The highest BCUT2D eigenvalue weighted by Crippen LogP contribution is 2.33. The van der Waals surface area contributed by atoms with Gasteiger partial charge in [-0.05, 0) is 37.6 Å². The standard InChI is InChI=1S/C25H27F3N4O6S/c1-3-4-9-32-18-12-30-8-7-20(18)39-24(32)31-22(35)16-10-15(25(26,27)28)5-6-19(16)37-13-14(2)38-23(36)17(29)11-21(33)34/h5-8,10,12,14,17H,3-4,9,11,13,29H2,1-2H3,(H,33,34)/b31-24-/t14-,17-/m0/s1. The van der Waals surface area contributed by atoms with Gasteiger partial charge in [-0.2, -0.15) is 18.2 Å². The van der Waals surface area contributed by atoms with Crippen molar-refractivity contribution < 1.29 is 42.1 Å². The maximum Gasteiger partial charge on any atom is 0.416 e. The van der Waals surface area contributed by atoms with Crippen LogP contribution in [-0.4, -0.2) is 51.3 Å². The summed E-state index contributed by atoms with van der Waals surface area (Å²) < 4.78 is 53.6. The Bertz CT molecular complexity index is 1420. The molecule has 1 amide bonds. The lowest BCUT2D eigenvalue weighted by molar-refractivity contribution is -0.154. The fraction of sp³-hybridized carbons (Fsp3) is 0.400. The number of aryl methyl sites for hydroxylation is 1. The predicted octanol–water partition coefficient (Wildman–Crippen LogP) is 3.77. The number of carboxylic acids is 1. The van der Waals surface area contributed by atoms with Crippen LogP contribution >= 0.6 is 11.3 Å². The maximum absolute atomic E-state index is 13.5. The van der Waals surface area contributed by atoms with Crippen LogP contribution in [0, 0.1) is 0 Å². The molecule has 0 bridgehead atoms. The zero-order chi connectivity index (χ0) is 28.7. The summed E-state index contributed by atoms with van der Waals surface area (Å²) in [6.45, 7) is 3.61. The van der Waals surface area contributed by atoms with Gasteiger partial charge in [0.15, 0.2) is 4.80 Å². The number of hydrogen-bond acceptors (Lipinski definition) is 8. The second-order valence-electron chi connectivity index (χ2n) is 8.62. The Morgan fingerprint density at radius 1 is 1.26 bits per heavy atom. The predicted molar refractivity (Wildman–Crippen MR) is 135 cm³/mol. The molecule has 0 aliphatic carbocycles. The SMILES string of the molecule is CCCCn1/c(=N/C(=O)c2cc(C(F)(F)F)ccc2OC[C@H](C)OC(=O)[C@@H](N)CC(=O)O)sc2ccncc21. The van der Waals surface area contributed by atoms with Gasteiger partial charge < -0.3 is 24.9 Å². The zero-order valence-corrected chi connectivity index (χ0v) is 21.9. The molecule has 1 aromatic carbocycles. The van der Waals surface area contributed by atoms with E-state index in [1.165, 1.54) is 18.3 Å². The van der Waals surface area contributed by atoms with E-state index in [4.69, 9.17) is 20.3 Å². The van der Waals surface area contributed by atoms with E-state index in [2.05, 4.69) is 9.98 Å². The van der Waals surface area contributed by atoms with Gasteiger partial charge in [0.05, 0.1) is 34.0 Å². The molecule has 10 nitrogen and oxygen atoms in total. The van der Waals surface area contributed by atoms with Crippen LogP contribution in [0.3, 0.4) is 0 Å². The van der Waals surface area contributed by atoms with Gasteiger partial charge in [-0.1, -0.05) is 24.7 Å². The molecule has 0 aliphatic heterocycles. The van der Waals surface area contributed by atoms with Crippen molar-refractivity contribution >= 4 is 39.4 Å². The molecular formula is C25H27F3N4O6S. The van der Waals surface area contributed by atoms with Crippen molar-refractivity contribution in [3.8, 4) is 5.75 Å². The van der Waals surface area contributed by atoms with Crippen molar-refractivity contribution in [3.63, 3.8) is 0 Å². The van der Waals surface area contributed by atoms with E-state index >= 15 is 0 Å². The Labute approximate surface area is 224 Å². The smallest absolute Gasteiger partial charge is 0.416 e. The molecule has 39 heavy (non-hydrogen) atoms. The van der Waals surface area contributed by atoms with E-state index in [1.54, 1.807) is 23.0 Å². The number of benzene rings is 1. The highest BCUT2D eigenvalue weighted by Gasteiger charge is 2.32. The molecule has 0 radical (unpaired) electrons. The van der Waals surface area contributed by atoms with Crippen LogP contribution < -0.4 is 15.3 Å². The lowest BCUT2D eigenvalue weighted by atomic mass is 10.1. The van der Waals surface area contributed by atoms with Crippen molar-refractivity contribution in [2.75, 3.05) is 6.61 Å². The van der Waals surface area contributed by atoms with E-state index in [1.807, 2.05) is 6.92 Å². The van der Waals surface area contributed by atoms with E-state index in [0.717, 1.165) is 35.2 Å². The van der Waals surface area contributed by atoms with Crippen molar-refractivity contribution in [1.82, 2.24) is 9.55 Å². The molecule has 14 heteroatoms. The number of carboxylic acid groups (broad SMARTS) is 1. The summed E-state index contributed by atoms with van der Waals surface area (Å²) >= 11 is 1.21. The minimum atomic E-state index is -4.72. The highest BCUT2D eigenvalue weighted by molar-refractivity contribution is 7.16. The van der Waals surface area contributed by atoms with Crippen molar-refractivity contribution in [2.24, 2.45) is 10.7 Å². The van der Waals surface area contributed by atoms with Crippen molar-refractivity contribution in [1.29, 1.82) is 0 Å². The molecule has 3 aromatic rings. The van der Waals surface area contributed by atoms with Crippen LogP contribution in [0.1, 0.15) is 49.0 Å². The molecule has 3 rings (SSSR count). The number of nitrogens with zero attached hydrogens (tertiary/aromatic N) is 3. The topological polar surface area (TPSA) is 146 Å². The van der Waals surface area contributed by atoms with Crippen molar-refractivity contribution in [3.05, 3.63) is 52.6 Å². The highest BCUT2D eigenvalue weighted by atomic mass is 32.1. The Balaban J connectivity index is 1.92. The number of carbonyl (C=O) groups is 3. The number of rotatable bonds is 11. The number of alkyl halides is 3. The number of amides is 1. The van der Waals surface area contributed by atoms with Gasteiger partial charge in [0.2, 0.25) is 0 Å². The number of carbonyl (C=O) groups excluding carboxylic acids is 2. The Kier molecular flexibility index (Phi) is 9.81. The monoisotopic (exact) mass is 568 g/mol. The van der Waals surface area contributed by atoms with E-state index in [0.29, 0.717) is 17.4 Å². The summed E-state index contributed by atoms with van der Waals surface area (Å²) in [5.41, 5.74) is 4.73. The average Bonchev–Trinajstić information content (AvgIpc) is 3.21. The quantitative estimate of drug-likeness (QED) is 0.333. The lowest BCUT2D eigenvalue weighted by Gasteiger charge is -2.18. The molecule has 0 unspecified atom stereocenters. The summed E-state index contributed by atoms with van der Waals surface area (Å²) in [5, 5.41) is 8.75. The summed E-state index contributed by atoms with van der Waals surface area (Å²) in [4.78, 5) is 44.5. The number of hydrogen-bond donors (Lipinski definition) is 2. The van der Waals surface area contributed by atoms with Crippen LogP contribution in [0.2, 0.25) is 0 Å².